The molecule has 21 heavy (non-hydrogen) atoms. The SMILES string of the molecule is O=C(Oc1cccc2c1C(=O)OC2=O)c1ccc(Cl)cc1. The van der Waals surface area contributed by atoms with Gasteiger partial charge >= 0.3 is 17.9 Å². The molecule has 0 fully saturated rings. The van der Waals surface area contributed by atoms with Crippen LogP contribution in [0.3, 0.4) is 0 Å². The average Bonchev–Trinajstić information content (AvgIpc) is 2.76. The first-order chi connectivity index (χ1) is 10.1. The molecule has 0 amide bonds. The number of fused-ring (bicyclic) bond motifs is 1. The van der Waals surface area contributed by atoms with E-state index in [-0.39, 0.29) is 22.4 Å². The molecule has 2 aromatic rings. The van der Waals surface area contributed by atoms with Gasteiger partial charge < -0.3 is 9.47 Å². The molecule has 0 saturated heterocycles. The van der Waals surface area contributed by atoms with E-state index in [0.717, 1.165) is 0 Å². The number of rotatable bonds is 2. The van der Waals surface area contributed by atoms with Crippen molar-refractivity contribution in [2.24, 2.45) is 0 Å². The number of esters is 3. The Morgan fingerprint density at radius 3 is 2.43 bits per heavy atom. The third-order valence-electron chi connectivity index (χ3n) is 2.92. The van der Waals surface area contributed by atoms with E-state index in [1.165, 1.54) is 30.3 Å². The molecule has 0 bridgehead atoms. The number of hydrogen-bond acceptors (Lipinski definition) is 5. The zero-order valence-electron chi connectivity index (χ0n) is 10.5. The molecule has 6 heteroatoms. The minimum Gasteiger partial charge on any atom is -0.422 e. The summed E-state index contributed by atoms with van der Waals surface area (Å²) in [5.74, 6) is -2.25. The largest absolute Gasteiger partial charge is 0.422 e. The molecular weight excluding hydrogens is 296 g/mol. The molecule has 2 aromatic carbocycles. The van der Waals surface area contributed by atoms with Crippen LogP contribution >= 0.6 is 11.6 Å². The number of carbonyl (C=O) groups is 3. The van der Waals surface area contributed by atoms with Gasteiger partial charge in [-0.15, -0.1) is 0 Å². The summed E-state index contributed by atoms with van der Waals surface area (Å²) in [5, 5.41) is 0.487. The predicted molar refractivity (Wildman–Crippen MR) is 72.6 cm³/mol. The highest BCUT2D eigenvalue weighted by Crippen LogP contribution is 2.29. The molecular formula is C15H7ClO5. The van der Waals surface area contributed by atoms with Crippen molar-refractivity contribution >= 4 is 29.5 Å². The van der Waals surface area contributed by atoms with Crippen molar-refractivity contribution in [1.82, 2.24) is 0 Å². The molecule has 0 unspecified atom stereocenters. The number of benzene rings is 2. The average molecular weight is 303 g/mol. The molecule has 104 valence electrons. The molecule has 1 heterocycles. The second-order valence-corrected chi connectivity index (χ2v) is 4.69. The Morgan fingerprint density at radius 2 is 1.71 bits per heavy atom. The van der Waals surface area contributed by atoms with Gasteiger partial charge in [0.05, 0.1) is 11.1 Å². The molecule has 0 spiro atoms. The maximum atomic E-state index is 12.0. The van der Waals surface area contributed by atoms with Gasteiger partial charge in [0.1, 0.15) is 11.3 Å². The fraction of sp³-hybridized carbons (Fsp3) is 0. The fourth-order valence-electron chi connectivity index (χ4n) is 1.93. The van der Waals surface area contributed by atoms with E-state index < -0.39 is 17.9 Å². The highest BCUT2D eigenvalue weighted by atomic mass is 35.5. The molecule has 0 aromatic heterocycles. The molecule has 1 aliphatic rings. The number of ether oxygens (including phenoxy) is 2. The second kappa shape index (κ2) is 5.03. The Kier molecular flexibility index (Phi) is 3.19. The Bertz CT molecular complexity index is 764. The molecule has 0 saturated carbocycles. The molecule has 0 atom stereocenters. The summed E-state index contributed by atoms with van der Waals surface area (Å²) in [6.07, 6.45) is 0. The van der Waals surface area contributed by atoms with Crippen LogP contribution in [-0.2, 0) is 4.74 Å². The predicted octanol–water partition coefficient (Wildman–Crippen LogP) is 2.87. The van der Waals surface area contributed by atoms with Crippen LogP contribution in [0, 0.1) is 0 Å². The zero-order chi connectivity index (χ0) is 15.0. The Labute approximate surface area is 124 Å². The van der Waals surface area contributed by atoms with Gasteiger partial charge in [-0.05, 0) is 36.4 Å². The standard InChI is InChI=1S/C15H7ClO5/c16-9-6-4-8(5-7-9)13(17)20-11-3-1-2-10-12(11)15(19)21-14(10)18/h1-7H. The first-order valence-electron chi connectivity index (χ1n) is 5.93. The number of carbonyl (C=O) groups excluding carboxylic acids is 3. The summed E-state index contributed by atoms with van der Waals surface area (Å²) in [6, 6.07) is 10.4. The van der Waals surface area contributed by atoms with Gasteiger partial charge in [-0.2, -0.15) is 0 Å². The van der Waals surface area contributed by atoms with Gasteiger partial charge in [-0.3, -0.25) is 0 Å². The van der Waals surface area contributed by atoms with Gasteiger partial charge in [0, 0.05) is 5.02 Å². The summed E-state index contributed by atoms with van der Waals surface area (Å²) in [7, 11) is 0. The molecule has 0 radical (unpaired) electrons. The van der Waals surface area contributed by atoms with Gasteiger partial charge in [0.2, 0.25) is 0 Å². The lowest BCUT2D eigenvalue weighted by atomic mass is 10.1. The van der Waals surface area contributed by atoms with Gasteiger partial charge in [0.15, 0.2) is 0 Å². The monoisotopic (exact) mass is 302 g/mol. The topological polar surface area (TPSA) is 69.7 Å². The van der Waals surface area contributed by atoms with Crippen LogP contribution in [0.4, 0.5) is 0 Å². The highest BCUT2D eigenvalue weighted by Gasteiger charge is 2.33. The summed E-state index contributed by atoms with van der Waals surface area (Å²) < 4.78 is 9.66. The van der Waals surface area contributed by atoms with E-state index in [0.29, 0.717) is 5.02 Å². The maximum Gasteiger partial charge on any atom is 0.350 e. The molecule has 0 aliphatic carbocycles. The highest BCUT2D eigenvalue weighted by molar-refractivity contribution is 6.30. The van der Waals surface area contributed by atoms with Crippen molar-refractivity contribution in [3.8, 4) is 5.75 Å². The van der Waals surface area contributed by atoms with Crippen LogP contribution in [-0.4, -0.2) is 17.9 Å². The van der Waals surface area contributed by atoms with E-state index in [1.807, 2.05) is 0 Å². The molecule has 3 rings (SSSR count). The van der Waals surface area contributed by atoms with Crippen LogP contribution in [0.15, 0.2) is 42.5 Å². The maximum absolute atomic E-state index is 12.0. The second-order valence-electron chi connectivity index (χ2n) is 4.25. The van der Waals surface area contributed by atoms with Crippen LogP contribution in [0.5, 0.6) is 5.75 Å². The third kappa shape index (κ3) is 2.39. The summed E-state index contributed by atoms with van der Waals surface area (Å²) in [6.45, 7) is 0. The quantitative estimate of drug-likeness (QED) is 0.484. The van der Waals surface area contributed by atoms with Crippen molar-refractivity contribution < 1.29 is 23.9 Å². The van der Waals surface area contributed by atoms with E-state index in [4.69, 9.17) is 16.3 Å². The lowest BCUT2D eigenvalue weighted by Gasteiger charge is -2.06. The van der Waals surface area contributed by atoms with Crippen LogP contribution in [0.1, 0.15) is 31.1 Å². The normalized spacial score (nSPS) is 12.8. The number of hydrogen-bond donors (Lipinski definition) is 0. The summed E-state index contributed by atoms with van der Waals surface area (Å²) in [4.78, 5) is 35.0. The van der Waals surface area contributed by atoms with Crippen molar-refractivity contribution in [2.75, 3.05) is 0 Å². The first-order valence-corrected chi connectivity index (χ1v) is 6.31. The van der Waals surface area contributed by atoms with Crippen LogP contribution in [0.2, 0.25) is 5.02 Å². The molecule has 1 aliphatic heterocycles. The molecule has 5 nitrogen and oxygen atoms in total. The number of halogens is 1. The van der Waals surface area contributed by atoms with Crippen LogP contribution < -0.4 is 4.74 Å². The van der Waals surface area contributed by atoms with Gasteiger partial charge in [-0.1, -0.05) is 17.7 Å². The summed E-state index contributed by atoms with van der Waals surface area (Å²) in [5.41, 5.74) is 0.320. The third-order valence-corrected chi connectivity index (χ3v) is 3.17. The van der Waals surface area contributed by atoms with E-state index >= 15 is 0 Å². The first kappa shape index (κ1) is 13.3. The minimum atomic E-state index is -0.825. The zero-order valence-corrected chi connectivity index (χ0v) is 11.2. The van der Waals surface area contributed by atoms with E-state index in [9.17, 15) is 14.4 Å². The van der Waals surface area contributed by atoms with Crippen molar-refractivity contribution in [3.63, 3.8) is 0 Å². The smallest absolute Gasteiger partial charge is 0.350 e. The Hall–Kier alpha value is -2.66. The summed E-state index contributed by atoms with van der Waals surface area (Å²) >= 11 is 5.74. The van der Waals surface area contributed by atoms with Gasteiger partial charge in [0.25, 0.3) is 0 Å². The molecule has 0 N–H and O–H groups in total. The van der Waals surface area contributed by atoms with E-state index in [1.54, 1.807) is 12.1 Å². The lowest BCUT2D eigenvalue weighted by Crippen LogP contribution is -2.10. The van der Waals surface area contributed by atoms with Crippen molar-refractivity contribution in [2.45, 2.75) is 0 Å². The Morgan fingerprint density at radius 1 is 1.00 bits per heavy atom. The van der Waals surface area contributed by atoms with E-state index in [2.05, 4.69) is 4.74 Å². The Balaban J connectivity index is 1.93. The fourth-order valence-corrected chi connectivity index (χ4v) is 2.06. The number of cyclic esters (lactones) is 2. The van der Waals surface area contributed by atoms with Crippen molar-refractivity contribution in [3.05, 3.63) is 64.2 Å². The van der Waals surface area contributed by atoms with Crippen LogP contribution in [0.25, 0.3) is 0 Å². The van der Waals surface area contributed by atoms with Crippen molar-refractivity contribution in [1.29, 1.82) is 0 Å². The van der Waals surface area contributed by atoms with Gasteiger partial charge in [-0.25, -0.2) is 14.4 Å². The minimum absolute atomic E-state index is 0.0108. The lowest BCUT2D eigenvalue weighted by molar-refractivity contribution is 0.0443.